The Morgan fingerprint density at radius 3 is 2.35 bits per heavy atom. The van der Waals surface area contributed by atoms with Crippen molar-refractivity contribution < 1.29 is 36.6 Å². The van der Waals surface area contributed by atoms with Gasteiger partial charge in [0.1, 0.15) is 0 Å². The van der Waals surface area contributed by atoms with E-state index in [-0.39, 0.29) is 12.4 Å². The Morgan fingerprint density at radius 2 is 1.74 bits per heavy atom. The minimum Gasteiger partial charge on any atom is -1.00 e. The zero-order chi connectivity index (χ0) is 15.8. The van der Waals surface area contributed by atoms with E-state index >= 15 is 0 Å². The Hall–Kier alpha value is -1.04. The van der Waals surface area contributed by atoms with E-state index in [0.717, 1.165) is 12.8 Å². The summed E-state index contributed by atoms with van der Waals surface area (Å²) in [5, 5.41) is 0. The number of benzene rings is 2. The molecule has 0 aliphatic heterocycles. The van der Waals surface area contributed by atoms with Gasteiger partial charge in [-0.15, -0.1) is 12.0 Å². The van der Waals surface area contributed by atoms with Gasteiger partial charge in [0.05, 0.1) is 0 Å². The summed E-state index contributed by atoms with van der Waals surface area (Å²) >= 11 is 1.55. The first kappa shape index (κ1) is 20.0. The molecule has 0 heterocycles. The van der Waals surface area contributed by atoms with Crippen LogP contribution in [-0.2, 0) is 30.7 Å². The fourth-order valence-corrected chi connectivity index (χ4v) is 2.34. The molecule has 0 bridgehead atoms. The monoisotopic (exact) mass is 397 g/mol. The van der Waals surface area contributed by atoms with Crippen LogP contribution in [0.25, 0.3) is 11.1 Å². The van der Waals surface area contributed by atoms with Gasteiger partial charge in [0.25, 0.3) is 0 Å². The van der Waals surface area contributed by atoms with E-state index in [2.05, 4.69) is 68.5 Å². The summed E-state index contributed by atoms with van der Waals surface area (Å²) < 4.78 is 1.51. The van der Waals surface area contributed by atoms with Gasteiger partial charge in [-0.1, -0.05) is 35.4 Å². The van der Waals surface area contributed by atoms with E-state index in [0.29, 0.717) is 0 Å². The largest absolute Gasteiger partial charge is 1.00 e. The molecule has 0 unspecified atom stereocenters. The molecule has 116 valence electrons. The van der Waals surface area contributed by atoms with Crippen molar-refractivity contribution in [3.8, 4) is 11.1 Å². The van der Waals surface area contributed by atoms with Crippen molar-refractivity contribution in [1.82, 2.24) is 0 Å². The van der Waals surface area contributed by atoms with Crippen LogP contribution in [0.4, 0.5) is 0 Å². The Labute approximate surface area is 161 Å². The van der Waals surface area contributed by atoms with E-state index in [1.807, 2.05) is 18.2 Å². The minimum absolute atomic E-state index is 0. The van der Waals surface area contributed by atoms with Crippen LogP contribution in [0.3, 0.4) is 0 Å². The smallest absolute Gasteiger partial charge is 0.0253 e. The molecule has 0 saturated carbocycles. The Kier molecular flexibility index (Phi) is 9.29. The third kappa shape index (κ3) is 6.54. The molecule has 0 nitrogen and oxygen atoms in total. The Bertz CT molecular complexity index is 641. The summed E-state index contributed by atoms with van der Waals surface area (Å²) in [7, 11) is 0. The summed E-state index contributed by atoms with van der Waals surface area (Å²) in [6.07, 6.45) is 11.0. The van der Waals surface area contributed by atoms with Gasteiger partial charge in [0, 0.05) is 0 Å². The van der Waals surface area contributed by atoms with Crippen molar-refractivity contribution in [2.75, 3.05) is 0 Å². The molecule has 23 heavy (non-hydrogen) atoms. The van der Waals surface area contributed by atoms with Gasteiger partial charge in [-0.25, -0.2) is 12.2 Å². The number of allylic oxidation sites excluding steroid dienone is 4. The molecule has 2 heteroatoms. The van der Waals surface area contributed by atoms with Crippen LogP contribution in [0.2, 0.25) is 0 Å². The van der Waals surface area contributed by atoms with E-state index in [9.17, 15) is 0 Å². The fraction of sp³-hybridized carbons (Fsp3) is 0.190. The number of hydrogen-bond acceptors (Lipinski definition) is 0. The Balaban J connectivity index is 0.000000223. The van der Waals surface area contributed by atoms with Gasteiger partial charge < -0.3 is 12.4 Å². The second-order valence-electron chi connectivity index (χ2n) is 5.40. The van der Waals surface area contributed by atoms with Gasteiger partial charge in [-0.2, -0.15) is 35.9 Å². The van der Waals surface area contributed by atoms with Crippen LogP contribution in [0.1, 0.15) is 31.4 Å². The molecular formula is C21H20ClZr-. The van der Waals surface area contributed by atoms with Crippen molar-refractivity contribution in [3.05, 3.63) is 84.0 Å². The molecule has 0 amide bonds. The van der Waals surface area contributed by atoms with E-state index < -0.39 is 0 Å². The molecule has 2 aromatic carbocycles. The summed E-state index contributed by atoms with van der Waals surface area (Å²) in [6.45, 7) is 4.25. The van der Waals surface area contributed by atoms with Crippen molar-refractivity contribution in [3.63, 3.8) is 0 Å². The molecule has 2 aliphatic rings. The maximum absolute atomic E-state index is 3.30. The van der Waals surface area contributed by atoms with Crippen LogP contribution in [0.5, 0.6) is 0 Å². The topological polar surface area (TPSA) is 0 Å². The molecule has 0 atom stereocenters. The number of halogens is 1. The molecule has 0 radical (unpaired) electrons. The van der Waals surface area contributed by atoms with Crippen LogP contribution in [0, 0.1) is 12.1 Å². The molecule has 2 aliphatic carbocycles. The first-order chi connectivity index (χ1) is 10.7. The van der Waals surface area contributed by atoms with Crippen molar-refractivity contribution in [1.29, 1.82) is 0 Å². The maximum atomic E-state index is 3.30. The number of hydrogen-bond donors (Lipinski definition) is 0. The van der Waals surface area contributed by atoms with Crippen LogP contribution < -0.4 is 12.4 Å². The fourth-order valence-electron chi connectivity index (χ4n) is 2.34. The Morgan fingerprint density at radius 1 is 1.04 bits per heavy atom. The van der Waals surface area contributed by atoms with Gasteiger partial charge in [0.2, 0.25) is 0 Å². The third-order valence-electron chi connectivity index (χ3n) is 3.20. The molecule has 4 rings (SSSR count). The molecule has 0 aromatic heterocycles. The first-order valence-electron chi connectivity index (χ1n) is 7.50. The third-order valence-corrected chi connectivity index (χ3v) is 3.20. The van der Waals surface area contributed by atoms with Crippen LogP contribution in [0.15, 0.2) is 60.7 Å². The van der Waals surface area contributed by atoms with Gasteiger partial charge >= 0.3 is 41.3 Å². The first-order valence-corrected chi connectivity index (χ1v) is 8.72. The predicted octanol–water partition coefficient (Wildman–Crippen LogP) is 2.11. The molecule has 0 N–H and O–H groups in total. The number of rotatable bonds is 0. The quantitative estimate of drug-likeness (QED) is 0.509. The number of fused-ring (bicyclic) bond motifs is 3. The molecule has 0 saturated heterocycles. The minimum atomic E-state index is 0. The van der Waals surface area contributed by atoms with Crippen LogP contribution in [-0.4, -0.2) is 3.21 Å². The summed E-state index contributed by atoms with van der Waals surface area (Å²) in [6, 6.07) is 18.1. The van der Waals surface area contributed by atoms with Gasteiger partial charge in [0.15, 0.2) is 0 Å². The second-order valence-corrected chi connectivity index (χ2v) is 7.86. The van der Waals surface area contributed by atoms with E-state index in [1.165, 1.54) is 25.5 Å². The standard InChI is InChI=1S/C13H9.C5H5.C3H6.ClH.Zr/c1-3-7-12-10(5-1)9-11-6-2-4-8-13(11)12;1-2-4-5-3-1;1-3-2;;/h1-5,7-8H,9H2;1-3H,4H2;1-2H3;1H;/q2*-1;;;+2/p-1. The molecule has 2 aromatic rings. The van der Waals surface area contributed by atoms with Gasteiger partial charge in [-0.05, 0) is 6.42 Å². The molecule has 0 fully saturated rings. The summed E-state index contributed by atoms with van der Waals surface area (Å²) in [4.78, 5) is 0. The van der Waals surface area contributed by atoms with Crippen LogP contribution >= 0.6 is 0 Å². The second kappa shape index (κ2) is 10.7. The molecular weight excluding hydrogens is 379 g/mol. The zero-order valence-electron chi connectivity index (χ0n) is 13.6. The van der Waals surface area contributed by atoms with Crippen molar-refractivity contribution in [2.45, 2.75) is 26.7 Å². The maximum Gasteiger partial charge on any atom is -0.0253 e. The normalized spacial score (nSPS) is 12.0. The summed E-state index contributed by atoms with van der Waals surface area (Å²) in [5.41, 5.74) is 5.51. The van der Waals surface area contributed by atoms with Gasteiger partial charge in [-0.3, -0.25) is 6.08 Å². The molecule has 0 spiro atoms. The summed E-state index contributed by atoms with van der Waals surface area (Å²) in [5.74, 6) is 0. The van der Waals surface area contributed by atoms with E-state index in [4.69, 9.17) is 0 Å². The predicted molar refractivity (Wildman–Crippen MR) is 91.4 cm³/mol. The van der Waals surface area contributed by atoms with Crippen molar-refractivity contribution in [2.24, 2.45) is 0 Å². The van der Waals surface area contributed by atoms with E-state index in [1.54, 1.807) is 24.2 Å². The average Bonchev–Trinajstić information content (AvgIpc) is 3.18. The zero-order valence-corrected chi connectivity index (χ0v) is 16.8. The SMILES string of the molecule is C[C](C)=[Zr+2].[C-]1=CC=CC1.[Cl-].[c-]1cccc2c1Cc1ccccc1-2. The average molecular weight is 399 g/mol. The van der Waals surface area contributed by atoms with Crippen molar-refractivity contribution >= 4 is 3.21 Å².